The predicted octanol–water partition coefficient (Wildman–Crippen LogP) is 2.67. The first-order valence-corrected chi connectivity index (χ1v) is 5.89. The molecule has 0 bridgehead atoms. The summed E-state index contributed by atoms with van der Waals surface area (Å²) in [6.07, 6.45) is 3.63. The summed E-state index contributed by atoms with van der Waals surface area (Å²) in [5.41, 5.74) is 2.27. The Bertz CT molecular complexity index is 338. The van der Waals surface area contributed by atoms with Gasteiger partial charge in [0.25, 0.3) is 0 Å². The van der Waals surface area contributed by atoms with Gasteiger partial charge in [-0.05, 0) is 32.4 Å². The molecule has 1 rings (SSSR count). The molecule has 0 radical (unpaired) electrons. The van der Waals surface area contributed by atoms with Gasteiger partial charge in [-0.3, -0.25) is 4.98 Å². The van der Waals surface area contributed by atoms with E-state index in [-0.39, 0.29) is 5.54 Å². The van der Waals surface area contributed by atoms with E-state index in [1.165, 1.54) is 5.56 Å². The number of aromatic nitrogens is 1. The summed E-state index contributed by atoms with van der Waals surface area (Å²) in [6.45, 7) is 12.0. The fourth-order valence-corrected chi connectivity index (χ4v) is 1.26. The van der Waals surface area contributed by atoms with E-state index in [0.29, 0.717) is 13.2 Å². The Morgan fingerprint density at radius 2 is 2.18 bits per heavy atom. The summed E-state index contributed by atoms with van der Waals surface area (Å²) < 4.78 is 5.33. The standard InChI is InChI=1S/C14H22N2O/c1-5-8-17-11-13-7-6-12(9-15-13)10-16-14(2,3)4/h5-7,9,16H,1,8,10-11H2,2-4H3. The largest absolute Gasteiger partial charge is 0.371 e. The van der Waals surface area contributed by atoms with E-state index in [1.54, 1.807) is 6.08 Å². The van der Waals surface area contributed by atoms with E-state index >= 15 is 0 Å². The molecule has 17 heavy (non-hydrogen) atoms. The molecule has 0 aromatic carbocycles. The molecular formula is C14H22N2O. The van der Waals surface area contributed by atoms with Crippen molar-refractivity contribution in [3.8, 4) is 0 Å². The van der Waals surface area contributed by atoms with Gasteiger partial charge in [0.1, 0.15) is 0 Å². The van der Waals surface area contributed by atoms with Crippen molar-refractivity contribution in [2.75, 3.05) is 6.61 Å². The Kier molecular flexibility index (Phi) is 5.32. The van der Waals surface area contributed by atoms with Crippen LogP contribution in [0.1, 0.15) is 32.0 Å². The zero-order valence-corrected chi connectivity index (χ0v) is 11.0. The van der Waals surface area contributed by atoms with Gasteiger partial charge in [-0.2, -0.15) is 0 Å². The number of rotatable bonds is 6. The van der Waals surface area contributed by atoms with E-state index in [2.05, 4.69) is 43.7 Å². The quantitative estimate of drug-likeness (QED) is 0.607. The Hall–Kier alpha value is -1.19. The molecule has 0 saturated carbocycles. The first-order chi connectivity index (χ1) is 8.01. The molecule has 0 spiro atoms. The van der Waals surface area contributed by atoms with Gasteiger partial charge < -0.3 is 10.1 Å². The molecule has 0 fully saturated rings. The number of nitrogens with one attached hydrogen (secondary N) is 1. The maximum Gasteiger partial charge on any atom is 0.0892 e. The summed E-state index contributed by atoms with van der Waals surface area (Å²) in [5, 5.41) is 3.43. The fraction of sp³-hybridized carbons (Fsp3) is 0.500. The molecule has 0 amide bonds. The second-order valence-corrected chi connectivity index (χ2v) is 5.07. The molecule has 1 aromatic heterocycles. The van der Waals surface area contributed by atoms with Crippen LogP contribution < -0.4 is 5.32 Å². The monoisotopic (exact) mass is 234 g/mol. The minimum absolute atomic E-state index is 0.131. The number of ether oxygens (including phenoxy) is 1. The van der Waals surface area contributed by atoms with E-state index < -0.39 is 0 Å². The van der Waals surface area contributed by atoms with E-state index in [4.69, 9.17) is 4.74 Å². The zero-order valence-electron chi connectivity index (χ0n) is 11.0. The average molecular weight is 234 g/mol. The van der Waals surface area contributed by atoms with Crippen LogP contribution in [0.5, 0.6) is 0 Å². The highest BCUT2D eigenvalue weighted by molar-refractivity contribution is 5.13. The third kappa shape index (κ3) is 6.19. The van der Waals surface area contributed by atoms with Gasteiger partial charge in [0.2, 0.25) is 0 Å². The number of hydrogen-bond donors (Lipinski definition) is 1. The van der Waals surface area contributed by atoms with Crippen molar-refractivity contribution in [3.05, 3.63) is 42.2 Å². The van der Waals surface area contributed by atoms with Gasteiger partial charge >= 0.3 is 0 Å². The van der Waals surface area contributed by atoms with E-state index in [0.717, 1.165) is 12.2 Å². The first kappa shape index (κ1) is 13.9. The van der Waals surface area contributed by atoms with E-state index in [1.807, 2.05) is 12.3 Å². The molecule has 1 aromatic rings. The molecule has 0 atom stereocenters. The molecule has 1 heterocycles. The highest BCUT2D eigenvalue weighted by Crippen LogP contribution is 2.05. The van der Waals surface area contributed by atoms with Gasteiger partial charge in [0.05, 0.1) is 18.9 Å². The first-order valence-electron chi connectivity index (χ1n) is 5.89. The summed E-state index contributed by atoms with van der Waals surface area (Å²) >= 11 is 0. The van der Waals surface area contributed by atoms with Crippen LogP contribution in [0.25, 0.3) is 0 Å². The summed E-state index contributed by atoms with van der Waals surface area (Å²) in [7, 11) is 0. The summed E-state index contributed by atoms with van der Waals surface area (Å²) in [4.78, 5) is 4.35. The van der Waals surface area contributed by atoms with Crippen LogP contribution >= 0.6 is 0 Å². The average Bonchev–Trinajstić information content (AvgIpc) is 2.27. The van der Waals surface area contributed by atoms with Gasteiger partial charge in [-0.25, -0.2) is 0 Å². The van der Waals surface area contributed by atoms with Gasteiger partial charge in [-0.15, -0.1) is 6.58 Å². The Labute approximate surface area is 104 Å². The van der Waals surface area contributed by atoms with Crippen molar-refractivity contribution in [1.82, 2.24) is 10.3 Å². The second kappa shape index (κ2) is 6.52. The van der Waals surface area contributed by atoms with Crippen LogP contribution in [0.15, 0.2) is 31.0 Å². The highest BCUT2D eigenvalue weighted by Gasteiger charge is 2.08. The lowest BCUT2D eigenvalue weighted by Gasteiger charge is -2.20. The van der Waals surface area contributed by atoms with Gasteiger partial charge in [0.15, 0.2) is 0 Å². The van der Waals surface area contributed by atoms with Crippen LogP contribution in [-0.4, -0.2) is 17.1 Å². The van der Waals surface area contributed by atoms with Crippen molar-refractivity contribution in [1.29, 1.82) is 0 Å². The molecule has 0 aliphatic rings. The van der Waals surface area contributed by atoms with Crippen LogP contribution in [0.4, 0.5) is 0 Å². The topological polar surface area (TPSA) is 34.1 Å². The molecule has 3 heteroatoms. The second-order valence-electron chi connectivity index (χ2n) is 5.07. The normalized spacial score (nSPS) is 11.5. The molecule has 0 saturated heterocycles. The lowest BCUT2D eigenvalue weighted by molar-refractivity contribution is 0.146. The molecule has 94 valence electrons. The maximum atomic E-state index is 5.33. The Morgan fingerprint density at radius 3 is 2.71 bits per heavy atom. The molecule has 0 unspecified atom stereocenters. The van der Waals surface area contributed by atoms with Crippen LogP contribution in [0.2, 0.25) is 0 Å². The molecule has 0 aliphatic carbocycles. The Balaban J connectivity index is 2.42. The van der Waals surface area contributed by atoms with Crippen molar-refractivity contribution >= 4 is 0 Å². The molecule has 1 N–H and O–H groups in total. The predicted molar refractivity (Wildman–Crippen MR) is 70.7 cm³/mol. The zero-order chi connectivity index (χ0) is 12.7. The highest BCUT2D eigenvalue weighted by atomic mass is 16.5. The smallest absolute Gasteiger partial charge is 0.0892 e. The molecule has 3 nitrogen and oxygen atoms in total. The van der Waals surface area contributed by atoms with Gasteiger partial charge in [0, 0.05) is 18.3 Å². The lowest BCUT2D eigenvalue weighted by atomic mass is 10.1. The third-order valence-electron chi connectivity index (χ3n) is 2.19. The third-order valence-corrected chi connectivity index (χ3v) is 2.19. The minimum atomic E-state index is 0.131. The van der Waals surface area contributed by atoms with Crippen molar-refractivity contribution in [2.24, 2.45) is 0 Å². The van der Waals surface area contributed by atoms with Crippen LogP contribution in [0.3, 0.4) is 0 Å². The Morgan fingerprint density at radius 1 is 1.41 bits per heavy atom. The molecule has 0 aliphatic heterocycles. The molecular weight excluding hydrogens is 212 g/mol. The number of pyridine rings is 1. The summed E-state index contributed by atoms with van der Waals surface area (Å²) in [5.74, 6) is 0. The minimum Gasteiger partial charge on any atom is -0.371 e. The van der Waals surface area contributed by atoms with E-state index in [9.17, 15) is 0 Å². The maximum absolute atomic E-state index is 5.33. The fourth-order valence-electron chi connectivity index (χ4n) is 1.26. The van der Waals surface area contributed by atoms with Crippen LogP contribution in [-0.2, 0) is 17.9 Å². The van der Waals surface area contributed by atoms with Crippen molar-refractivity contribution in [2.45, 2.75) is 39.5 Å². The summed E-state index contributed by atoms with van der Waals surface area (Å²) in [6, 6.07) is 4.08. The van der Waals surface area contributed by atoms with Crippen LogP contribution in [0, 0.1) is 0 Å². The van der Waals surface area contributed by atoms with Gasteiger partial charge in [-0.1, -0.05) is 12.1 Å². The van der Waals surface area contributed by atoms with Crippen molar-refractivity contribution < 1.29 is 4.74 Å². The SMILES string of the molecule is C=CCOCc1ccc(CNC(C)(C)C)cn1. The number of hydrogen-bond acceptors (Lipinski definition) is 3. The number of nitrogens with zero attached hydrogens (tertiary/aromatic N) is 1. The van der Waals surface area contributed by atoms with Crippen molar-refractivity contribution in [3.63, 3.8) is 0 Å². The lowest BCUT2D eigenvalue weighted by Crippen LogP contribution is -2.35.